The average molecular weight is 230 g/mol. The first-order chi connectivity index (χ1) is 7.30. The van der Waals surface area contributed by atoms with E-state index in [2.05, 4.69) is 4.74 Å². The molecule has 0 aromatic rings. The van der Waals surface area contributed by atoms with Gasteiger partial charge in [-0.3, -0.25) is 4.79 Å². The molecule has 16 heavy (non-hydrogen) atoms. The summed E-state index contributed by atoms with van der Waals surface area (Å²) < 4.78 is 10.1. The molecule has 0 saturated heterocycles. The summed E-state index contributed by atoms with van der Waals surface area (Å²) in [7, 11) is 1.21. The third-order valence-electron chi connectivity index (χ3n) is 1.96. The van der Waals surface area contributed by atoms with Crippen molar-refractivity contribution in [2.75, 3.05) is 7.11 Å². The first kappa shape index (κ1) is 15.1. The minimum absolute atomic E-state index is 0.0950. The molecular weight excluding hydrogens is 208 g/mol. The second-order valence-electron chi connectivity index (χ2n) is 4.76. The number of rotatable bonds is 6. The van der Waals surface area contributed by atoms with Gasteiger partial charge in [-0.05, 0) is 27.2 Å². The predicted octanol–water partition coefficient (Wildman–Crippen LogP) is 2.10. The first-order valence-corrected chi connectivity index (χ1v) is 5.59. The predicted molar refractivity (Wildman–Crippen MR) is 61.2 cm³/mol. The first-order valence-electron chi connectivity index (χ1n) is 5.59. The summed E-state index contributed by atoms with van der Waals surface area (Å²) in [6.07, 6.45) is 1.56. The van der Waals surface area contributed by atoms with E-state index in [9.17, 15) is 9.59 Å². The van der Waals surface area contributed by atoms with Crippen LogP contribution in [-0.2, 0) is 19.1 Å². The van der Waals surface area contributed by atoms with E-state index < -0.39 is 11.8 Å². The average Bonchev–Trinajstić information content (AvgIpc) is 2.14. The quantitative estimate of drug-likeness (QED) is 0.518. The third kappa shape index (κ3) is 6.56. The Morgan fingerprint density at radius 3 is 2.19 bits per heavy atom. The fourth-order valence-corrected chi connectivity index (χ4v) is 1.43. The van der Waals surface area contributed by atoms with Crippen molar-refractivity contribution in [1.29, 1.82) is 0 Å². The second-order valence-corrected chi connectivity index (χ2v) is 4.76. The summed E-state index contributed by atoms with van der Waals surface area (Å²) in [6.45, 7) is 7.80. The summed E-state index contributed by atoms with van der Waals surface area (Å²) in [5.74, 6) is -1.32. The van der Waals surface area contributed by atoms with E-state index >= 15 is 0 Å². The molecule has 1 unspecified atom stereocenters. The van der Waals surface area contributed by atoms with Gasteiger partial charge in [-0.25, -0.2) is 4.79 Å². The molecule has 4 heteroatoms. The maximum atomic E-state index is 11.4. The Bertz CT molecular complexity index is 240. The molecule has 0 N–H and O–H groups in total. The van der Waals surface area contributed by atoms with Crippen LogP contribution in [0.3, 0.4) is 0 Å². The Kier molecular flexibility index (Phi) is 6.26. The number of methoxy groups -OCH3 is 1. The van der Waals surface area contributed by atoms with Gasteiger partial charge in [0.05, 0.1) is 18.8 Å². The lowest BCUT2D eigenvalue weighted by Crippen LogP contribution is -2.31. The Morgan fingerprint density at radius 1 is 1.25 bits per heavy atom. The molecule has 0 saturated carbocycles. The van der Waals surface area contributed by atoms with E-state index in [1.807, 2.05) is 27.7 Å². The standard InChI is InChI=1S/C12H22O4/c1-6-7-9(16-12(2,3)4)8-10(13)11(14)15-5/h9H,6-8H2,1-5H3. The summed E-state index contributed by atoms with van der Waals surface area (Å²) in [6, 6.07) is 0. The molecule has 94 valence electrons. The monoisotopic (exact) mass is 230 g/mol. The van der Waals surface area contributed by atoms with Crippen LogP contribution in [-0.4, -0.2) is 30.6 Å². The molecule has 0 radical (unpaired) electrons. The lowest BCUT2D eigenvalue weighted by atomic mass is 10.1. The van der Waals surface area contributed by atoms with E-state index in [4.69, 9.17) is 4.74 Å². The number of esters is 1. The van der Waals surface area contributed by atoms with Gasteiger partial charge < -0.3 is 9.47 Å². The Hall–Kier alpha value is -0.900. The molecule has 0 aliphatic heterocycles. The van der Waals surface area contributed by atoms with E-state index in [0.29, 0.717) is 0 Å². The molecule has 0 aromatic heterocycles. The Morgan fingerprint density at radius 2 is 1.81 bits per heavy atom. The summed E-state index contributed by atoms with van der Waals surface area (Å²) in [5, 5.41) is 0. The van der Waals surface area contributed by atoms with Crippen molar-refractivity contribution >= 4 is 11.8 Å². The maximum absolute atomic E-state index is 11.4. The summed E-state index contributed by atoms with van der Waals surface area (Å²) in [5.41, 5.74) is -0.309. The highest BCUT2D eigenvalue weighted by atomic mass is 16.5. The molecule has 4 nitrogen and oxygen atoms in total. The number of ether oxygens (including phenoxy) is 2. The molecule has 0 fully saturated rings. The number of Topliss-reactive ketones (excluding diaryl/α,β-unsaturated/α-hetero) is 1. The second kappa shape index (κ2) is 6.63. The van der Waals surface area contributed by atoms with Crippen molar-refractivity contribution in [2.45, 2.75) is 58.7 Å². The van der Waals surface area contributed by atoms with Crippen molar-refractivity contribution in [2.24, 2.45) is 0 Å². The SMILES string of the molecule is CCCC(CC(=O)C(=O)OC)OC(C)(C)C. The lowest BCUT2D eigenvalue weighted by molar-refractivity contribution is -0.154. The van der Waals surface area contributed by atoms with Gasteiger partial charge in [-0.2, -0.15) is 0 Å². The van der Waals surface area contributed by atoms with Crippen LogP contribution >= 0.6 is 0 Å². The number of ketones is 1. The summed E-state index contributed by atoms with van der Waals surface area (Å²) in [4.78, 5) is 22.4. The molecule has 0 amide bonds. The van der Waals surface area contributed by atoms with Crippen LogP contribution in [0.5, 0.6) is 0 Å². The number of carbonyl (C=O) groups excluding carboxylic acids is 2. The third-order valence-corrected chi connectivity index (χ3v) is 1.96. The molecule has 0 aliphatic carbocycles. The summed E-state index contributed by atoms with van der Waals surface area (Å²) >= 11 is 0. The Labute approximate surface area is 97.3 Å². The zero-order chi connectivity index (χ0) is 12.8. The highest BCUT2D eigenvalue weighted by Crippen LogP contribution is 2.17. The maximum Gasteiger partial charge on any atom is 0.374 e. The molecule has 0 aliphatic rings. The fraction of sp³-hybridized carbons (Fsp3) is 0.833. The molecule has 0 rings (SSSR count). The highest BCUT2D eigenvalue weighted by Gasteiger charge is 2.24. The number of carbonyl (C=O) groups is 2. The van der Waals surface area contributed by atoms with Gasteiger partial charge in [-0.15, -0.1) is 0 Å². The van der Waals surface area contributed by atoms with Crippen LogP contribution < -0.4 is 0 Å². The van der Waals surface area contributed by atoms with Crippen LogP contribution in [0.15, 0.2) is 0 Å². The van der Waals surface area contributed by atoms with Crippen molar-refractivity contribution < 1.29 is 19.1 Å². The topological polar surface area (TPSA) is 52.6 Å². The molecule has 1 atom stereocenters. The van der Waals surface area contributed by atoms with E-state index in [0.717, 1.165) is 12.8 Å². The van der Waals surface area contributed by atoms with Crippen molar-refractivity contribution in [3.63, 3.8) is 0 Å². The molecule has 0 heterocycles. The number of hydrogen-bond donors (Lipinski definition) is 0. The van der Waals surface area contributed by atoms with Crippen molar-refractivity contribution in [3.05, 3.63) is 0 Å². The van der Waals surface area contributed by atoms with E-state index in [1.54, 1.807) is 0 Å². The largest absolute Gasteiger partial charge is 0.463 e. The van der Waals surface area contributed by atoms with Crippen LogP contribution in [0.2, 0.25) is 0 Å². The fourth-order valence-electron chi connectivity index (χ4n) is 1.43. The van der Waals surface area contributed by atoms with Gasteiger partial charge in [-0.1, -0.05) is 13.3 Å². The van der Waals surface area contributed by atoms with Gasteiger partial charge >= 0.3 is 5.97 Å². The minimum Gasteiger partial charge on any atom is -0.463 e. The normalized spacial score (nSPS) is 13.3. The van der Waals surface area contributed by atoms with Crippen LogP contribution in [0.4, 0.5) is 0 Å². The van der Waals surface area contributed by atoms with Gasteiger partial charge in [0.15, 0.2) is 0 Å². The Balaban J connectivity index is 4.33. The van der Waals surface area contributed by atoms with Crippen LogP contribution in [0, 0.1) is 0 Å². The zero-order valence-corrected chi connectivity index (χ0v) is 10.8. The molecular formula is C12H22O4. The van der Waals surface area contributed by atoms with Crippen molar-refractivity contribution in [1.82, 2.24) is 0 Å². The van der Waals surface area contributed by atoms with Crippen LogP contribution in [0.25, 0.3) is 0 Å². The molecule has 0 aromatic carbocycles. The molecule has 0 bridgehead atoms. The molecule has 0 spiro atoms. The minimum atomic E-state index is -0.793. The van der Waals surface area contributed by atoms with Crippen LogP contribution in [0.1, 0.15) is 47.0 Å². The highest BCUT2D eigenvalue weighted by molar-refractivity contribution is 6.33. The van der Waals surface area contributed by atoms with E-state index in [-0.39, 0.29) is 18.1 Å². The lowest BCUT2D eigenvalue weighted by Gasteiger charge is -2.26. The van der Waals surface area contributed by atoms with Gasteiger partial charge in [0.2, 0.25) is 5.78 Å². The smallest absolute Gasteiger partial charge is 0.374 e. The zero-order valence-electron chi connectivity index (χ0n) is 10.8. The van der Waals surface area contributed by atoms with Gasteiger partial charge in [0.25, 0.3) is 0 Å². The van der Waals surface area contributed by atoms with Gasteiger partial charge in [0.1, 0.15) is 0 Å². The number of hydrogen-bond acceptors (Lipinski definition) is 4. The van der Waals surface area contributed by atoms with Crippen molar-refractivity contribution in [3.8, 4) is 0 Å². The van der Waals surface area contributed by atoms with E-state index in [1.165, 1.54) is 7.11 Å². The van der Waals surface area contributed by atoms with Gasteiger partial charge in [0, 0.05) is 6.42 Å².